The second kappa shape index (κ2) is 104. The van der Waals surface area contributed by atoms with E-state index >= 15 is 0 Å². The van der Waals surface area contributed by atoms with Gasteiger partial charge in [0.1, 0.15) is 0 Å². The number of hydrogen-bond donors (Lipinski definition) is 0. The zero-order chi connectivity index (χ0) is 20.7. The molecule has 22 heavy (non-hydrogen) atoms. The molecular formula is C22H60. The van der Waals surface area contributed by atoms with Crippen LogP contribution in [0.4, 0.5) is 0 Å². The molecule has 0 spiro atoms. The first-order valence-electron chi connectivity index (χ1n) is 10.4. The maximum atomic E-state index is 2.24. The lowest BCUT2D eigenvalue weighted by Crippen LogP contribution is -1.95. The van der Waals surface area contributed by atoms with Crippen molar-refractivity contribution < 1.29 is 0 Å². The molecule has 0 aliphatic rings. The SMILES string of the molecule is CC.CC.CC.CC.CC.CC.CC(C)C.CC(C)C(C)C. The first kappa shape index (κ1) is 49.5. The topological polar surface area (TPSA) is 0 Å². The van der Waals surface area contributed by atoms with Crippen molar-refractivity contribution in [2.24, 2.45) is 17.8 Å². The molecule has 0 fully saturated rings. The van der Waals surface area contributed by atoms with E-state index in [9.17, 15) is 0 Å². The third kappa shape index (κ3) is 451. The smallest absolute Gasteiger partial charge is 0.0448 e. The Hall–Kier alpha value is 0. The van der Waals surface area contributed by atoms with Crippen LogP contribution in [0.5, 0.6) is 0 Å². The predicted octanol–water partition coefficient (Wildman–Crippen LogP) is 10.1. The van der Waals surface area contributed by atoms with E-state index in [4.69, 9.17) is 0 Å². The molecule has 0 heterocycles. The fourth-order valence-electron chi connectivity index (χ4n) is 0. The molecule has 0 aliphatic heterocycles. The average molecular weight is 325 g/mol. The Morgan fingerprint density at radius 1 is 0.273 bits per heavy atom. The van der Waals surface area contributed by atoms with Crippen LogP contribution in [0, 0.1) is 17.8 Å². The summed E-state index contributed by atoms with van der Waals surface area (Å²) in [6.07, 6.45) is 0. The molecule has 148 valence electrons. The van der Waals surface area contributed by atoms with Crippen LogP contribution in [0.3, 0.4) is 0 Å². The summed E-state index contributed by atoms with van der Waals surface area (Å²) in [6, 6.07) is 0. The number of hydrogen-bond acceptors (Lipinski definition) is 0. The maximum absolute atomic E-state index is 2.24. The summed E-state index contributed by atoms with van der Waals surface area (Å²) in [7, 11) is 0. The molecule has 0 atom stereocenters. The van der Waals surface area contributed by atoms with Gasteiger partial charge >= 0.3 is 0 Å². The van der Waals surface area contributed by atoms with Crippen LogP contribution >= 0.6 is 0 Å². The third-order valence-corrected chi connectivity index (χ3v) is 1.33. The summed E-state index contributed by atoms with van der Waals surface area (Å²) in [6.45, 7) is 39.5. The molecule has 0 heteroatoms. The van der Waals surface area contributed by atoms with E-state index in [2.05, 4.69) is 48.5 Å². The van der Waals surface area contributed by atoms with E-state index in [0.717, 1.165) is 17.8 Å². The first-order valence-corrected chi connectivity index (χ1v) is 10.4. The zero-order valence-corrected chi connectivity index (χ0v) is 20.7. The molecule has 0 aromatic carbocycles. The van der Waals surface area contributed by atoms with Crippen LogP contribution in [-0.4, -0.2) is 0 Å². The summed E-state index contributed by atoms with van der Waals surface area (Å²) in [5.41, 5.74) is 0. The fourth-order valence-corrected chi connectivity index (χ4v) is 0. The molecule has 0 saturated carbocycles. The van der Waals surface area contributed by atoms with Gasteiger partial charge in [-0.25, -0.2) is 0 Å². The predicted molar refractivity (Wildman–Crippen MR) is 118 cm³/mol. The normalized spacial score (nSPS) is 6.27. The second-order valence-electron chi connectivity index (χ2n) is 4.22. The van der Waals surface area contributed by atoms with Gasteiger partial charge in [0.2, 0.25) is 0 Å². The van der Waals surface area contributed by atoms with Crippen molar-refractivity contribution in [2.75, 3.05) is 0 Å². The van der Waals surface area contributed by atoms with E-state index in [1.165, 1.54) is 0 Å². The van der Waals surface area contributed by atoms with E-state index in [-0.39, 0.29) is 0 Å². The van der Waals surface area contributed by atoms with Crippen LogP contribution in [0.15, 0.2) is 0 Å². The van der Waals surface area contributed by atoms with Crippen LogP contribution in [0.2, 0.25) is 0 Å². The van der Waals surface area contributed by atoms with Gasteiger partial charge in [0, 0.05) is 0 Å². The molecule has 0 rings (SSSR count). The second-order valence-corrected chi connectivity index (χ2v) is 4.22. The average Bonchev–Trinajstić information content (AvgIpc) is 2.58. The van der Waals surface area contributed by atoms with Crippen LogP contribution in [-0.2, 0) is 0 Å². The van der Waals surface area contributed by atoms with Crippen molar-refractivity contribution in [1.29, 1.82) is 0 Å². The largest absolute Gasteiger partial charge is 0.0683 e. The quantitative estimate of drug-likeness (QED) is 0.450. The summed E-state index contributed by atoms with van der Waals surface area (Å²) in [4.78, 5) is 0. The van der Waals surface area contributed by atoms with Gasteiger partial charge in [-0.2, -0.15) is 0 Å². The van der Waals surface area contributed by atoms with Crippen molar-refractivity contribution in [3.8, 4) is 0 Å². The highest BCUT2D eigenvalue weighted by atomic mass is 14.0. The lowest BCUT2D eigenvalue weighted by Gasteiger charge is -2.05. The fraction of sp³-hybridized carbons (Fsp3) is 1.00. The Labute approximate surface area is 149 Å². The minimum Gasteiger partial charge on any atom is -0.0683 e. The Bertz CT molecular complexity index is 42.3. The highest BCUT2D eigenvalue weighted by molar-refractivity contribution is 4.46. The summed E-state index contributed by atoms with van der Waals surface area (Å²) in [5, 5.41) is 0. The maximum Gasteiger partial charge on any atom is -0.0448 e. The Kier molecular flexibility index (Phi) is 233. The zero-order valence-electron chi connectivity index (χ0n) is 20.7. The van der Waals surface area contributed by atoms with Gasteiger partial charge in [0.15, 0.2) is 0 Å². The Balaban J connectivity index is -0.0000000182. The van der Waals surface area contributed by atoms with Gasteiger partial charge in [0.05, 0.1) is 0 Å². The third-order valence-electron chi connectivity index (χ3n) is 1.33. The molecular weight excluding hydrogens is 264 g/mol. The van der Waals surface area contributed by atoms with Crippen molar-refractivity contribution >= 4 is 0 Å². The van der Waals surface area contributed by atoms with Gasteiger partial charge < -0.3 is 0 Å². The lowest BCUT2D eigenvalue weighted by atomic mass is 10.0. The van der Waals surface area contributed by atoms with E-state index < -0.39 is 0 Å². The minimum atomic E-state index is 0.833. The molecule has 0 bridgehead atoms. The highest BCUT2D eigenvalue weighted by Gasteiger charge is 1.95. The minimum absolute atomic E-state index is 0.833. The van der Waals surface area contributed by atoms with Gasteiger partial charge in [-0.3, -0.25) is 0 Å². The molecule has 0 amide bonds. The van der Waals surface area contributed by atoms with Crippen molar-refractivity contribution in [2.45, 2.75) is 132 Å². The highest BCUT2D eigenvalue weighted by Crippen LogP contribution is 2.05. The molecule has 0 N–H and O–H groups in total. The molecule has 0 saturated heterocycles. The molecule has 0 nitrogen and oxygen atoms in total. The Morgan fingerprint density at radius 2 is 0.318 bits per heavy atom. The summed E-state index contributed by atoms with van der Waals surface area (Å²) < 4.78 is 0. The van der Waals surface area contributed by atoms with Crippen LogP contribution in [0.25, 0.3) is 0 Å². The van der Waals surface area contributed by atoms with Crippen molar-refractivity contribution in [1.82, 2.24) is 0 Å². The van der Waals surface area contributed by atoms with Crippen LogP contribution in [0.1, 0.15) is 132 Å². The van der Waals surface area contributed by atoms with Gasteiger partial charge in [-0.15, -0.1) is 0 Å². The first-order chi connectivity index (χ1) is 10.4. The van der Waals surface area contributed by atoms with Crippen molar-refractivity contribution in [3.63, 3.8) is 0 Å². The monoisotopic (exact) mass is 324 g/mol. The molecule has 0 aromatic heterocycles. The summed E-state index contributed by atoms with van der Waals surface area (Å²) in [5.74, 6) is 2.54. The molecule has 0 unspecified atom stereocenters. The molecule has 0 aliphatic carbocycles. The van der Waals surface area contributed by atoms with E-state index in [0.29, 0.717) is 0 Å². The van der Waals surface area contributed by atoms with Crippen LogP contribution < -0.4 is 0 Å². The van der Waals surface area contributed by atoms with Gasteiger partial charge in [0.25, 0.3) is 0 Å². The molecule has 0 radical (unpaired) electrons. The number of rotatable bonds is 1. The standard InChI is InChI=1S/C6H14.C4H10.6C2H6/c1-5(2)6(3)4;1-4(2)3;6*1-2/h5-6H,1-4H3;4H,1-3H3;6*1-2H3. The van der Waals surface area contributed by atoms with E-state index in [1.54, 1.807) is 0 Å². The van der Waals surface area contributed by atoms with Gasteiger partial charge in [-0.1, -0.05) is 132 Å². The molecule has 0 aromatic rings. The Morgan fingerprint density at radius 3 is 0.318 bits per heavy atom. The van der Waals surface area contributed by atoms with Gasteiger partial charge in [-0.05, 0) is 17.8 Å². The lowest BCUT2D eigenvalue weighted by molar-refractivity contribution is 0.457. The summed E-state index contributed by atoms with van der Waals surface area (Å²) >= 11 is 0. The van der Waals surface area contributed by atoms with Crippen molar-refractivity contribution in [3.05, 3.63) is 0 Å². The van der Waals surface area contributed by atoms with E-state index in [1.807, 2.05) is 83.1 Å².